The van der Waals surface area contributed by atoms with Crippen molar-refractivity contribution >= 4 is 0 Å². The molecule has 0 aromatic heterocycles. The average molecular weight is 347 g/mol. The van der Waals surface area contributed by atoms with Crippen molar-refractivity contribution in [2.45, 2.75) is 90.5 Å². The summed E-state index contributed by atoms with van der Waals surface area (Å²) in [6.45, 7) is 7.92. The second-order valence-corrected chi connectivity index (χ2v) is 7.46. The standard InChI is InChI=1S/C23H42N2/c1-3-4-5-6-7-8-9-10-14-19-24-20-21-25-22(2)17-18-23-15-12-11-13-16-23/h11-13,15-16,22,24-25H,3-10,14,17-21H2,1-2H3. The summed E-state index contributed by atoms with van der Waals surface area (Å²) in [6.07, 6.45) is 15.1. The van der Waals surface area contributed by atoms with Crippen LogP contribution in [0.4, 0.5) is 0 Å². The zero-order valence-electron chi connectivity index (χ0n) is 16.9. The van der Waals surface area contributed by atoms with Gasteiger partial charge in [0.05, 0.1) is 0 Å². The predicted molar refractivity (Wildman–Crippen MR) is 112 cm³/mol. The van der Waals surface area contributed by atoms with Gasteiger partial charge in [0, 0.05) is 19.1 Å². The normalized spacial score (nSPS) is 12.4. The van der Waals surface area contributed by atoms with Gasteiger partial charge in [0.1, 0.15) is 0 Å². The van der Waals surface area contributed by atoms with Gasteiger partial charge in [-0.1, -0.05) is 88.6 Å². The fraction of sp³-hybridized carbons (Fsp3) is 0.739. The minimum absolute atomic E-state index is 0.592. The van der Waals surface area contributed by atoms with E-state index in [2.05, 4.69) is 54.8 Å². The van der Waals surface area contributed by atoms with E-state index in [9.17, 15) is 0 Å². The summed E-state index contributed by atoms with van der Waals surface area (Å²) in [4.78, 5) is 0. The molecule has 0 heterocycles. The van der Waals surface area contributed by atoms with E-state index in [-0.39, 0.29) is 0 Å². The van der Waals surface area contributed by atoms with Crippen molar-refractivity contribution in [3.63, 3.8) is 0 Å². The maximum absolute atomic E-state index is 3.63. The molecule has 0 radical (unpaired) electrons. The first-order valence-electron chi connectivity index (χ1n) is 10.8. The van der Waals surface area contributed by atoms with E-state index in [1.54, 1.807) is 0 Å². The number of aryl methyl sites for hydroxylation is 1. The second kappa shape index (κ2) is 16.6. The molecular weight excluding hydrogens is 304 g/mol. The van der Waals surface area contributed by atoms with Gasteiger partial charge in [0.25, 0.3) is 0 Å². The van der Waals surface area contributed by atoms with Crippen molar-refractivity contribution in [1.82, 2.24) is 10.6 Å². The summed E-state index contributed by atoms with van der Waals surface area (Å²) in [5.74, 6) is 0. The molecule has 144 valence electrons. The molecule has 1 aromatic rings. The predicted octanol–water partition coefficient (Wildman–Crippen LogP) is 5.72. The lowest BCUT2D eigenvalue weighted by Crippen LogP contribution is -2.33. The van der Waals surface area contributed by atoms with Gasteiger partial charge in [0.15, 0.2) is 0 Å². The topological polar surface area (TPSA) is 24.1 Å². The average Bonchev–Trinajstić information content (AvgIpc) is 2.64. The van der Waals surface area contributed by atoms with Crippen LogP contribution in [0.15, 0.2) is 30.3 Å². The number of rotatable bonds is 17. The third-order valence-electron chi connectivity index (χ3n) is 4.96. The summed E-state index contributed by atoms with van der Waals surface area (Å²) < 4.78 is 0. The van der Waals surface area contributed by atoms with Crippen LogP contribution < -0.4 is 10.6 Å². The van der Waals surface area contributed by atoms with E-state index in [4.69, 9.17) is 0 Å². The molecule has 0 aliphatic rings. The van der Waals surface area contributed by atoms with Gasteiger partial charge >= 0.3 is 0 Å². The fourth-order valence-corrected chi connectivity index (χ4v) is 3.22. The summed E-state index contributed by atoms with van der Waals surface area (Å²) >= 11 is 0. The Morgan fingerprint density at radius 3 is 2.08 bits per heavy atom. The Labute approximate surface area is 157 Å². The molecule has 1 atom stereocenters. The molecule has 2 N–H and O–H groups in total. The van der Waals surface area contributed by atoms with Gasteiger partial charge in [-0.2, -0.15) is 0 Å². The van der Waals surface area contributed by atoms with Gasteiger partial charge in [-0.3, -0.25) is 0 Å². The SMILES string of the molecule is CCCCCCCCCCCNCCNC(C)CCc1ccccc1. The molecule has 0 bridgehead atoms. The van der Waals surface area contributed by atoms with Crippen LogP contribution in [0.5, 0.6) is 0 Å². The Morgan fingerprint density at radius 2 is 1.40 bits per heavy atom. The lowest BCUT2D eigenvalue weighted by molar-refractivity contribution is 0.494. The van der Waals surface area contributed by atoms with E-state index in [0.29, 0.717) is 6.04 Å². The van der Waals surface area contributed by atoms with Crippen LogP contribution in [0.2, 0.25) is 0 Å². The Kier molecular flexibility index (Phi) is 14.7. The molecule has 1 unspecified atom stereocenters. The maximum atomic E-state index is 3.63. The van der Waals surface area contributed by atoms with Crippen molar-refractivity contribution in [1.29, 1.82) is 0 Å². The van der Waals surface area contributed by atoms with Gasteiger partial charge in [-0.05, 0) is 38.3 Å². The number of nitrogens with one attached hydrogen (secondary N) is 2. The Bertz CT molecular complexity index is 377. The van der Waals surface area contributed by atoms with Gasteiger partial charge in [0.2, 0.25) is 0 Å². The summed E-state index contributed by atoms with van der Waals surface area (Å²) in [6, 6.07) is 11.4. The van der Waals surface area contributed by atoms with Crippen LogP contribution in [0, 0.1) is 0 Å². The molecule has 2 heteroatoms. The lowest BCUT2D eigenvalue weighted by Gasteiger charge is -2.14. The quantitative estimate of drug-likeness (QED) is 0.353. The van der Waals surface area contributed by atoms with Crippen molar-refractivity contribution in [3.05, 3.63) is 35.9 Å². The number of unbranched alkanes of at least 4 members (excludes halogenated alkanes) is 8. The van der Waals surface area contributed by atoms with E-state index < -0.39 is 0 Å². The van der Waals surface area contributed by atoms with E-state index >= 15 is 0 Å². The van der Waals surface area contributed by atoms with Crippen LogP contribution in [-0.2, 0) is 6.42 Å². The highest BCUT2D eigenvalue weighted by molar-refractivity contribution is 5.14. The summed E-state index contributed by atoms with van der Waals surface area (Å²) in [5.41, 5.74) is 1.44. The van der Waals surface area contributed by atoms with Crippen LogP contribution >= 0.6 is 0 Å². The molecule has 1 rings (SSSR count). The van der Waals surface area contributed by atoms with Crippen molar-refractivity contribution < 1.29 is 0 Å². The zero-order chi connectivity index (χ0) is 18.0. The zero-order valence-corrected chi connectivity index (χ0v) is 16.9. The van der Waals surface area contributed by atoms with E-state index in [1.165, 1.54) is 82.7 Å². The molecule has 0 aliphatic heterocycles. The number of hydrogen-bond donors (Lipinski definition) is 2. The highest BCUT2D eigenvalue weighted by atomic mass is 15.0. The van der Waals surface area contributed by atoms with Crippen LogP contribution in [-0.4, -0.2) is 25.7 Å². The first kappa shape index (κ1) is 22.2. The van der Waals surface area contributed by atoms with Crippen molar-refractivity contribution in [2.75, 3.05) is 19.6 Å². The number of benzene rings is 1. The van der Waals surface area contributed by atoms with Crippen molar-refractivity contribution in [3.8, 4) is 0 Å². The summed E-state index contributed by atoms with van der Waals surface area (Å²) in [5, 5.41) is 7.20. The molecule has 2 nitrogen and oxygen atoms in total. The molecule has 25 heavy (non-hydrogen) atoms. The largest absolute Gasteiger partial charge is 0.315 e. The lowest BCUT2D eigenvalue weighted by atomic mass is 10.1. The highest BCUT2D eigenvalue weighted by Crippen LogP contribution is 2.09. The Balaban J connectivity index is 1.79. The van der Waals surface area contributed by atoms with Gasteiger partial charge < -0.3 is 10.6 Å². The Morgan fingerprint density at radius 1 is 0.760 bits per heavy atom. The smallest absolute Gasteiger partial charge is 0.00792 e. The molecule has 0 aliphatic carbocycles. The molecule has 0 spiro atoms. The first-order chi connectivity index (χ1) is 12.3. The monoisotopic (exact) mass is 346 g/mol. The van der Waals surface area contributed by atoms with Crippen molar-refractivity contribution in [2.24, 2.45) is 0 Å². The third-order valence-corrected chi connectivity index (χ3v) is 4.96. The maximum Gasteiger partial charge on any atom is 0.00792 e. The van der Waals surface area contributed by atoms with Gasteiger partial charge in [-0.15, -0.1) is 0 Å². The number of hydrogen-bond acceptors (Lipinski definition) is 2. The molecule has 1 aromatic carbocycles. The van der Waals surface area contributed by atoms with Crippen LogP contribution in [0.3, 0.4) is 0 Å². The minimum Gasteiger partial charge on any atom is -0.315 e. The highest BCUT2D eigenvalue weighted by Gasteiger charge is 2.01. The fourth-order valence-electron chi connectivity index (χ4n) is 3.22. The second-order valence-electron chi connectivity index (χ2n) is 7.46. The molecular formula is C23H42N2. The van der Waals surface area contributed by atoms with E-state index in [1.807, 2.05) is 0 Å². The van der Waals surface area contributed by atoms with Crippen LogP contribution in [0.25, 0.3) is 0 Å². The first-order valence-corrected chi connectivity index (χ1v) is 10.8. The van der Waals surface area contributed by atoms with Gasteiger partial charge in [-0.25, -0.2) is 0 Å². The Hall–Kier alpha value is -0.860. The molecule has 0 fully saturated rings. The molecule has 0 saturated heterocycles. The van der Waals surface area contributed by atoms with E-state index in [0.717, 1.165) is 13.1 Å². The molecule has 0 amide bonds. The summed E-state index contributed by atoms with van der Waals surface area (Å²) in [7, 11) is 0. The minimum atomic E-state index is 0.592. The molecule has 0 saturated carbocycles. The third kappa shape index (κ3) is 14.0. The van der Waals surface area contributed by atoms with Crippen LogP contribution in [0.1, 0.15) is 83.6 Å².